The smallest absolute Gasteiger partial charge is 0.255 e. The minimum atomic E-state index is -0.594. The first kappa shape index (κ1) is 26.2. The van der Waals surface area contributed by atoms with Crippen LogP contribution in [0.1, 0.15) is 47.2 Å². The number of piperidine rings is 1. The molecule has 0 saturated carbocycles. The van der Waals surface area contributed by atoms with Crippen molar-refractivity contribution < 1.29 is 28.6 Å². The van der Waals surface area contributed by atoms with Crippen LogP contribution < -0.4 is 16.4 Å². The number of benzene rings is 1. The second kappa shape index (κ2) is 14.1. The molecule has 34 heavy (non-hydrogen) atoms. The summed E-state index contributed by atoms with van der Waals surface area (Å²) in [5.41, 5.74) is 7.90. The average molecular weight is 477 g/mol. The first-order valence-corrected chi connectivity index (χ1v) is 12.0. The summed E-state index contributed by atoms with van der Waals surface area (Å²) in [4.78, 5) is 38.3. The van der Waals surface area contributed by atoms with Gasteiger partial charge in [0.15, 0.2) is 0 Å². The zero-order valence-corrected chi connectivity index (χ0v) is 19.7. The van der Waals surface area contributed by atoms with Crippen LogP contribution in [-0.2, 0) is 36.9 Å². The number of carbonyl (C=O) groups is 3. The largest absolute Gasteiger partial charge is 0.379 e. The van der Waals surface area contributed by atoms with Crippen LogP contribution in [0.25, 0.3) is 0 Å². The Morgan fingerprint density at radius 3 is 2.41 bits per heavy atom. The molecule has 188 valence electrons. The molecule has 10 nitrogen and oxygen atoms in total. The molecule has 10 heteroatoms. The Hall–Kier alpha value is -2.37. The zero-order chi connectivity index (χ0) is 24.2. The van der Waals surface area contributed by atoms with Gasteiger partial charge in [-0.25, -0.2) is 0 Å². The highest BCUT2D eigenvalue weighted by Gasteiger charge is 2.39. The summed E-state index contributed by atoms with van der Waals surface area (Å²) < 4.78 is 16.4. The number of rotatable bonds is 16. The van der Waals surface area contributed by atoms with Crippen LogP contribution in [0.2, 0.25) is 0 Å². The van der Waals surface area contributed by atoms with Crippen molar-refractivity contribution >= 4 is 17.7 Å². The van der Waals surface area contributed by atoms with Crippen molar-refractivity contribution in [3.8, 4) is 0 Å². The van der Waals surface area contributed by atoms with Crippen molar-refractivity contribution in [2.75, 3.05) is 52.7 Å². The molecular weight excluding hydrogens is 440 g/mol. The monoisotopic (exact) mass is 476 g/mol. The van der Waals surface area contributed by atoms with Crippen molar-refractivity contribution in [2.45, 2.75) is 44.8 Å². The Morgan fingerprint density at radius 1 is 1.00 bits per heavy atom. The number of hydrogen-bond acceptors (Lipinski definition) is 8. The van der Waals surface area contributed by atoms with Crippen LogP contribution in [0.15, 0.2) is 18.2 Å². The number of nitrogens with two attached hydrogens (primary N) is 1. The Bertz CT molecular complexity index is 834. The van der Waals surface area contributed by atoms with Gasteiger partial charge >= 0.3 is 0 Å². The number of fused-ring (bicyclic) bond motifs is 1. The lowest BCUT2D eigenvalue weighted by molar-refractivity contribution is -0.136. The SMILES string of the molecule is NCCCOCCOCCOCCCNCc1cccc2c1C(=O)N(C1CCC(=O)NC1=O)C2. The molecule has 1 saturated heterocycles. The van der Waals surface area contributed by atoms with E-state index in [0.717, 1.165) is 30.5 Å². The number of nitrogens with zero attached hydrogens (tertiary/aromatic N) is 1. The number of amides is 3. The van der Waals surface area contributed by atoms with E-state index in [0.29, 0.717) is 71.3 Å². The second-order valence-electron chi connectivity index (χ2n) is 8.36. The summed E-state index contributed by atoms with van der Waals surface area (Å²) in [7, 11) is 0. The molecule has 1 aromatic rings. The fourth-order valence-corrected chi connectivity index (χ4v) is 4.09. The maximum atomic E-state index is 13.1. The lowest BCUT2D eigenvalue weighted by Crippen LogP contribution is -2.52. The summed E-state index contributed by atoms with van der Waals surface area (Å²) in [6.07, 6.45) is 2.32. The molecule has 0 spiro atoms. The van der Waals surface area contributed by atoms with Gasteiger partial charge in [0.05, 0.1) is 26.4 Å². The molecular formula is C24H36N4O6. The molecule has 2 heterocycles. The van der Waals surface area contributed by atoms with E-state index in [-0.39, 0.29) is 18.2 Å². The van der Waals surface area contributed by atoms with Crippen LogP contribution in [0, 0.1) is 0 Å². The lowest BCUT2D eigenvalue weighted by Gasteiger charge is -2.29. The molecule has 4 N–H and O–H groups in total. The van der Waals surface area contributed by atoms with E-state index >= 15 is 0 Å². The minimum absolute atomic E-state index is 0.144. The summed E-state index contributed by atoms with van der Waals surface area (Å²) >= 11 is 0. The van der Waals surface area contributed by atoms with Gasteiger partial charge < -0.3 is 30.2 Å². The summed E-state index contributed by atoms with van der Waals surface area (Å²) in [6, 6.07) is 5.20. The molecule has 1 fully saturated rings. The molecule has 2 aliphatic rings. The summed E-state index contributed by atoms with van der Waals surface area (Å²) in [5, 5.41) is 5.70. The number of nitrogens with one attached hydrogen (secondary N) is 2. The van der Waals surface area contributed by atoms with Crippen LogP contribution in [0.4, 0.5) is 0 Å². The lowest BCUT2D eigenvalue weighted by atomic mass is 10.0. The van der Waals surface area contributed by atoms with Crippen LogP contribution >= 0.6 is 0 Å². The summed E-state index contributed by atoms with van der Waals surface area (Å²) in [5.74, 6) is -0.816. The summed E-state index contributed by atoms with van der Waals surface area (Å²) in [6.45, 7) is 5.84. The van der Waals surface area contributed by atoms with E-state index in [1.807, 2.05) is 18.2 Å². The number of hydrogen-bond donors (Lipinski definition) is 3. The molecule has 2 aliphatic heterocycles. The van der Waals surface area contributed by atoms with Crippen LogP contribution in [0.5, 0.6) is 0 Å². The van der Waals surface area contributed by atoms with Crippen molar-refractivity contribution in [1.82, 2.24) is 15.5 Å². The number of carbonyl (C=O) groups excluding carboxylic acids is 3. The van der Waals surface area contributed by atoms with Crippen molar-refractivity contribution in [1.29, 1.82) is 0 Å². The normalized spacial score (nSPS) is 17.9. The Balaban J connectivity index is 1.30. The predicted molar refractivity (Wildman–Crippen MR) is 125 cm³/mol. The molecule has 0 aromatic heterocycles. The first-order valence-electron chi connectivity index (χ1n) is 12.0. The Kier molecular flexibility index (Phi) is 10.9. The third-order valence-electron chi connectivity index (χ3n) is 5.83. The molecule has 0 radical (unpaired) electrons. The highest BCUT2D eigenvalue weighted by atomic mass is 16.5. The highest BCUT2D eigenvalue weighted by Crippen LogP contribution is 2.29. The fourth-order valence-electron chi connectivity index (χ4n) is 4.09. The predicted octanol–water partition coefficient (Wildman–Crippen LogP) is 0.326. The molecule has 3 amide bonds. The third kappa shape index (κ3) is 7.57. The number of ether oxygens (including phenoxy) is 3. The van der Waals surface area contributed by atoms with Gasteiger partial charge in [-0.1, -0.05) is 18.2 Å². The van der Waals surface area contributed by atoms with E-state index in [1.165, 1.54) is 0 Å². The molecule has 1 unspecified atom stereocenters. The molecule has 3 rings (SSSR count). The van der Waals surface area contributed by atoms with Crippen molar-refractivity contribution in [2.24, 2.45) is 5.73 Å². The average Bonchev–Trinajstić information content (AvgIpc) is 3.16. The van der Waals surface area contributed by atoms with Gasteiger partial charge in [0, 0.05) is 38.3 Å². The molecule has 0 bridgehead atoms. The third-order valence-corrected chi connectivity index (χ3v) is 5.83. The maximum Gasteiger partial charge on any atom is 0.255 e. The van der Waals surface area contributed by atoms with Gasteiger partial charge in [-0.05, 0) is 43.5 Å². The minimum Gasteiger partial charge on any atom is -0.379 e. The van der Waals surface area contributed by atoms with Gasteiger partial charge in [0.1, 0.15) is 6.04 Å². The maximum absolute atomic E-state index is 13.1. The number of imide groups is 1. The molecule has 0 aliphatic carbocycles. The van der Waals surface area contributed by atoms with Crippen LogP contribution in [0.3, 0.4) is 0 Å². The van der Waals surface area contributed by atoms with Gasteiger partial charge in [0.25, 0.3) is 5.91 Å². The second-order valence-corrected chi connectivity index (χ2v) is 8.36. The van der Waals surface area contributed by atoms with Crippen LogP contribution in [-0.4, -0.2) is 81.4 Å². The van der Waals surface area contributed by atoms with Gasteiger partial charge in [-0.3, -0.25) is 19.7 Å². The van der Waals surface area contributed by atoms with E-state index < -0.39 is 11.9 Å². The van der Waals surface area contributed by atoms with E-state index in [2.05, 4.69) is 10.6 Å². The van der Waals surface area contributed by atoms with Crippen molar-refractivity contribution in [3.63, 3.8) is 0 Å². The molecule has 1 aromatic carbocycles. The van der Waals surface area contributed by atoms with Gasteiger partial charge in [-0.15, -0.1) is 0 Å². The standard InChI is InChI=1S/C24H36N4O6/c25-8-2-10-32-12-14-34-15-13-33-11-3-9-26-16-18-4-1-5-19-17-28(24(31)22(18)19)20-6-7-21(29)27-23(20)30/h1,4-5,20,26H,2-3,6-17,25H2,(H,27,29,30). The van der Waals surface area contributed by atoms with E-state index in [1.54, 1.807) is 4.90 Å². The zero-order valence-electron chi connectivity index (χ0n) is 19.7. The first-order chi connectivity index (χ1) is 16.6. The molecule has 1 atom stereocenters. The van der Waals surface area contributed by atoms with Gasteiger partial charge in [0.2, 0.25) is 11.8 Å². The Morgan fingerprint density at radius 2 is 1.71 bits per heavy atom. The van der Waals surface area contributed by atoms with E-state index in [4.69, 9.17) is 19.9 Å². The quantitative estimate of drug-likeness (QED) is 0.230. The topological polar surface area (TPSA) is 132 Å². The highest BCUT2D eigenvalue weighted by molar-refractivity contribution is 6.05. The Labute approximate surface area is 200 Å². The van der Waals surface area contributed by atoms with Crippen molar-refractivity contribution in [3.05, 3.63) is 34.9 Å². The van der Waals surface area contributed by atoms with Gasteiger partial charge in [-0.2, -0.15) is 0 Å². The van der Waals surface area contributed by atoms with E-state index in [9.17, 15) is 14.4 Å². The fraction of sp³-hybridized carbons (Fsp3) is 0.625.